The molecule has 6 heteroatoms. The number of hydrogen-bond donors (Lipinski definition) is 0. The number of likely N-dealkylation sites (tertiary alicyclic amines) is 3. The van der Waals surface area contributed by atoms with Crippen LogP contribution < -0.4 is 0 Å². The molecular weight excluding hydrogens is 435 g/mol. The molecule has 3 fully saturated rings. The van der Waals surface area contributed by atoms with Gasteiger partial charge in [0.2, 0.25) is 0 Å². The molecule has 0 amide bonds. The van der Waals surface area contributed by atoms with Crippen LogP contribution in [0.15, 0.2) is 0 Å². The van der Waals surface area contributed by atoms with Crippen molar-refractivity contribution in [3.8, 4) is 0 Å². The third-order valence-electron chi connectivity index (χ3n) is 7.48. The maximum absolute atomic E-state index is 12.7. The number of hydrogen-bond acceptors (Lipinski definition) is 3. The highest BCUT2D eigenvalue weighted by Crippen LogP contribution is 2.30. The van der Waals surface area contributed by atoms with Crippen LogP contribution in [0.25, 0.3) is 0 Å². The highest BCUT2D eigenvalue weighted by atomic mass is 19.3. The molecule has 0 saturated carbocycles. The summed E-state index contributed by atoms with van der Waals surface area (Å²) in [6.07, 6.45) is 5.13. The first-order valence-corrected chi connectivity index (χ1v) is 13.6. The normalized spacial score (nSPS) is 26.2. The van der Waals surface area contributed by atoms with Crippen LogP contribution in [-0.4, -0.2) is 82.2 Å². The van der Waals surface area contributed by atoms with E-state index in [0.717, 1.165) is 32.0 Å². The van der Waals surface area contributed by atoms with E-state index in [1.54, 1.807) is 0 Å². The van der Waals surface area contributed by atoms with E-state index < -0.39 is 12.1 Å². The van der Waals surface area contributed by atoms with Crippen molar-refractivity contribution in [3.05, 3.63) is 0 Å². The van der Waals surface area contributed by atoms with Crippen molar-refractivity contribution < 1.29 is 13.2 Å². The molecule has 0 bridgehead atoms. The van der Waals surface area contributed by atoms with Crippen LogP contribution in [-0.2, 0) is 0 Å². The Labute approximate surface area is 209 Å². The fourth-order valence-electron chi connectivity index (χ4n) is 5.12. The summed E-state index contributed by atoms with van der Waals surface area (Å²) in [5.74, 6) is -2.41. The molecule has 1 atom stereocenters. The van der Waals surface area contributed by atoms with Gasteiger partial charge in [0.05, 0.1) is 0 Å². The van der Waals surface area contributed by atoms with Gasteiger partial charge in [-0.2, -0.15) is 0 Å². The molecular formula is C28H56F3N3. The molecule has 0 aliphatic carbocycles. The second kappa shape index (κ2) is 12.8. The molecule has 0 N–H and O–H groups in total. The van der Waals surface area contributed by atoms with E-state index in [1.165, 1.54) is 25.8 Å². The highest BCUT2D eigenvalue weighted by molar-refractivity contribution is 4.85. The van der Waals surface area contributed by atoms with Gasteiger partial charge in [-0.25, -0.2) is 13.2 Å². The van der Waals surface area contributed by atoms with Gasteiger partial charge in [0.25, 0.3) is 5.92 Å². The summed E-state index contributed by atoms with van der Waals surface area (Å²) in [5, 5.41) is 0. The zero-order chi connectivity index (χ0) is 26.4. The third-order valence-corrected chi connectivity index (χ3v) is 7.48. The molecule has 3 saturated heterocycles. The highest BCUT2D eigenvalue weighted by Gasteiger charge is 2.37. The van der Waals surface area contributed by atoms with E-state index in [9.17, 15) is 13.2 Å². The van der Waals surface area contributed by atoms with Gasteiger partial charge >= 0.3 is 0 Å². The summed E-state index contributed by atoms with van der Waals surface area (Å²) >= 11 is 0. The zero-order valence-electron chi connectivity index (χ0n) is 24.1. The number of nitrogens with zero attached hydrogens (tertiary/aromatic N) is 3. The second-order valence-electron chi connectivity index (χ2n) is 13.6. The van der Waals surface area contributed by atoms with Gasteiger partial charge in [-0.3, -0.25) is 14.7 Å². The molecule has 0 unspecified atom stereocenters. The van der Waals surface area contributed by atoms with Crippen molar-refractivity contribution in [2.75, 3.05) is 32.7 Å². The lowest BCUT2D eigenvalue weighted by Crippen LogP contribution is -2.49. The van der Waals surface area contributed by atoms with Gasteiger partial charge in [0, 0.05) is 61.7 Å². The van der Waals surface area contributed by atoms with E-state index in [-0.39, 0.29) is 23.9 Å². The molecule has 3 aliphatic heterocycles. The van der Waals surface area contributed by atoms with Gasteiger partial charge in [-0.1, -0.05) is 6.42 Å². The first-order chi connectivity index (χ1) is 15.3. The fraction of sp³-hybridized carbons (Fsp3) is 1.00. The molecule has 3 heterocycles. The average Bonchev–Trinajstić information content (AvgIpc) is 2.67. The van der Waals surface area contributed by atoms with Gasteiger partial charge in [0.1, 0.15) is 6.17 Å². The van der Waals surface area contributed by atoms with Crippen LogP contribution in [0.4, 0.5) is 13.2 Å². The smallest absolute Gasteiger partial charge is 0.250 e. The van der Waals surface area contributed by atoms with Crippen LogP contribution in [0.5, 0.6) is 0 Å². The fourth-order valence-corrected chi connectivity index (χ4v) is 5.12. The SMILES string of the molecule is CC(C)(C)N1CCC(F)(F)CC1.CC(C)(C)N1CCC(F)CC1.C[C@H]1CCCCN1C(C)(C)C. The van der Waals surface area contributed by atoms with Crippen LogP contribution in [0, 0.1) is 0 Å². The molecule has 0 radical (unpaired) electrons. The van der Waals surface area contributed by atoms with Crippen LogP contribution >= 0.6 is 0 Å². The van der Waals surface area contributed by atoms with Crippen LogP contribution in [0.1, 0.15) is 114 Å². The molecule has 0 spiro atoms. The van der Waals surface area contributed by atoms with E-state index >= 15 is 0 Å². The number of rotatable bonds is 0. The lowest BCUT2D eigenvalue weighted by molar-refractivity contribution is -0.0713. The zero-order valence-corrected chi connectivity index (χ0v) is 24.1. The Kier molecular flexibility index (Phi) is 11.9. The second-order valence-corrected chi connectivity index (χ2v) is 13.6. The van der Waals surface area contributed by atoms with Crippen LogP contribution in [0.3, 0.4) is 0 Å². The van der Waals surface area contributed by atoms with Crippen molar-refractivity contribution in [1.82, 2.24) is 14.7 Å². The maximum Gasteiger partial charge on any atom is 0.250 e. The van der Waals surface area contributed by atoms with E-state index in [4.69, 9.17) is 0 Å². The summed E-state index contributed by atoms with van der Waals surface area (Å²) in [6.45, 7) is 26.2. The minimum Gasteiger partial charge on any atom is -0.298 e. The van der Waals surface area contributed by atoms with Crippen molar-refractivity contribution in [3.63, 3.8) is 0 Å². The van der Waals surface area contributed by atoms with Crippen molar-refractivity contribution in [2.45, 2.75) is 149 Å². The molecule has 204 valence electrons. The molecule has 3 nitrogen and oxygen atoms in total. The van der Waals surface area contributed by atoms with E-state index in [1.807, 2.05) is 0 Å². The standard InChI is InChI=1S/C10H21N.C9H17F2N.C9H18FN/c1-9-7-5-6-8-11(9)10(2,3)4;1-8(2,3)12-6-4-9(10,11)5-7-12;1-9(2,3)11-6-4-8(10)5-7-11/h9H,5-8H2,1-4H3;4-7H2,1-3H3;8H,4-7H2,1-3H3/t9-;;/m0../s1. The molecule has 3 aliphatic rings. The van der Waals surface area contributed by atoms with Gasteiger partial charge in [-0.15, -0.1) is 0 Å². The summed E-state index contributed by atoms with van der Waals surface area (Å²) < 4.78 is 38.2. The van der Waals surface area contributed by atoms with Crippen LogP contribution in [0.2, 0.25) is 0 Å². The lowest BCUT2D eigenvalue weighted by Gasteiger charge is -2.43. The molecule has 0 aromatic carbocycles. The largest absolute Gasteiger partial charge is 0.298 e. The summed E-state index contributed by atoms with van der Waals surface area (Å²) in [5.41, 5.74) is 0.635. The number of alkyl halides is 3. The lowest BCUT2D eigenvalue weighted by atomic mass is 9.96. The number of piperidine rings is 3. The minimum atomic E-state index is -2.41. The molecule has 34 heavy (non-hydrogen) atoms. The first kappa shape index (κ1) is 31.7. The maximum atomic E-state index is 12.7. The average molecular weight is 492 g/mol. The van der Waals surface area contributed by atoms with E-state index in [2.05, 4.69) is 83.9 Å². The third kappa shape index (κ3) is 11.6. The Morgan fingerprint density at radius 2 is 1.06 bits per heavy atom. The summed E-state index contributed by atoms with van der Waals surface area (Å²) in [6, 6.07) is 0.795. The van der Waals surface area contributed by atoms with Crippen molar-refractivity contribution >= 4 is 0 Å². The van der Waals surface area contributed by atoms with E-state index in [0.29, 0.717) is 18.6 Å². The Balaban J connectivity index is 0.000000255. The Morgan fingerprint density at radius 3 is 1.41 bits per heavy atom. The monoisotopic (exact) mass is 491 g/mol. The quantitative estimate of drug-likeness (QED) is 0.350. The van der Waals surface area contributed by atoms with Crippen molar-refractivity contribution in [1.29, 1.82) is 0 Å². The first-order valence-electron chi connectivity index (χ1n) is 13.6. The Morgan fingerprint density at radius 1 is 0.618 bits per heavy atom. The van der Waals surface area contributed by atoms with Crippen molar-refractivity contribution in [2.24, 2.45) is 0 Å². The number of halogens is 3. The van der Waals surface area contributed by atoms with Gasteiger partial charge in [0.15, 0.2) is 0 Å². The predicted octanol–water partition coefficient (Wildman–Crippen LogP) is 7.39. The van der Waals surface area contributed by atoms with Gasteiger partial charge in [-0.05, 0) is 101 Å². The Bertz CT molecular complexity index is 557. The molecule has 3 rings (SSSR count). The topological polar surface area (TPSA) is 9.72 Å². The predicted molar refractivity (Wildman–Crippen MR) is 141 cm³/mol. The molecule has 0 aromatic heterocycles. The summed E-state index contributed by atoms with van der Waals surface area (Å²) in [4.78, 5) is 7.09. The Hall–Kier alpha value is -0.330. The van der Waals surface area contributed by atoms with Gasteiger partial charge < -0.3 is 0 Å². The molecule has 0 aromatic rings. The summed E-state index contributed by atoms with van der Waals surface area (Å²) in [7, 11) is 0. The minimum absolute atomic E-state index is 0.0181.